The average Bonchev–Trinajstić information content (AvgIpc) is 2.02. The molecule has 0 fully saturated rings. The summed E-state index contributed by atoms with van der Waals surface area (Å²) in [7, 11) is 0. The van der Waals surface area contributed by atoms with Crippen molar-refractivity contribution >= 4 is 33.3 Å². The summed E-state index contributed by atoms with van der Waals surface area (Å²) in [5.41, 5.74) is 5.58. The Morgan fingerprint density at radius 3 is 3.00 bits per heavy atom. The van der Waals surface area contributed by atoms with E-state index in [-0.39, 0.29) is 6.04 Å². The van der Waals surface area contributed by atoms with Crippen LogP contribution in [0.4, 0.5) is 5.82 Å². The second kappa shape index (κ2) is 4.79. The van der Waals surface area contributed by atoms with Crippen LogP contribution in [0.15, 0.2) is 16.7 Å². The summed E-state index contributed by atoms with van der Waals surface area (Å²) < 4.78 is 0.865. The van der Waals surface area contributed by atoms with Crippen molar-refractivity contribution in [3.63, 3.8) is 0 Å². The van der Waals surface area contributed by atoms with E-state index >= 15 is 0 Å². The maximum atomic E-state index is 5.92. The zero-order chi connectivity index (χ0) is 9.84. The first-order valence-corrected chi connectivity index (χ1v) is 5.07. The average molecular weight is 265 g/mol. The number of nitrogens with zero attached hydrogens (tertiary/aromatic N) is 1. The third-order valence-electron chi connectivity index (χ3n) is 1.40. The van der Waals surface area contributed by atoms with E-state index in [2.05, 4.69) is 26.2 Å². The number of pyridine rings is 1. The highest BCUT2D eigenvalue weighted by Gasteiger charge is 2.02. The van der Waals surface area contributed by atoms with Gasteiger partial charge in [0.15, 0.2) is 0 Å². The number of nitrogens with one attached hydrogen (secondary N) is 1. The molecule has 0 radical (unpaired) electrons. The standard InChI is InChI=1S/C8H11BrClN3/c1-5(11)3-12-8-7(10)2-6(9)4-13-8/h2,4-5H,3,11H2,1H3,(H,12,13). The van der Waals surface area contributed by atoms with Gasteiger partial charge in [0.1, 0.15) is 5.82 Å². The van der Waals surface area contributed by atoms with Gasteiger partial charge in [-0.3, -0.25) is 0 Å². The molecule has 1 rings (SSSR count). The van der Waals surface area contributed by atoms with E-state index < -0.39 is 0 Å². The van der Waals surface area contributed by atoms with Gasteiger partial charge in [-0.05, 0) is 28.9 Å². The summed E-state index contributed by atoms with van der Waals surface area (Å²) in [5, 5.41) is 3.64. The SMILES string of the molecule is CC(N)CNc1ncc(Br)cc1Cl. The van der Waals surface area contributed by atoms with E-state index in [1.165, 1.54) is 0 Å². The molecule has 1 unspecified atom stereocenters. The van der Waals surface area contributed by atoms with Crippen LogP contribution in [0.5, 0.6) is 0 Å². The van der Waals surface area contributed by atoms with Crippen molar-refractivity contribution in [2.75, 3.05) is 11.9 Å². The molecule has 1 atom stereocenters. The first-order valence-electron chi connectivity index (χ1n) is 3.90. The van der Waals surface area contributed by atoms with Gasteiger partial charge in [-0.25, -0.2) is 4.98 Å². The molecule has 1 aromatic rings. The lowest BCUT2D eigenvalue weighted by Gasteiger charge is -2.09. The van der Waals surface area contributed by atoms with Crippen LogP contribution in [0.1, 0.15) is 6.92 Å². The van der Waals surface area contributed by atoms with Gasteiger partial charge in [-0.2, -0.15) is 0 Å². The Balaban J connectivity index is 2.67. The van der Waals surface area contributed by atoms with Crippen molar-refractivity contribution in [2.45, 2.75) is 13.0 Å². The summed E-state index contributed by atoms with van der Waals surface area (Å²) in [5.74, 6) is 0.669. The van der Waals surface area contributed by atoms with Crippen LogP contribution in [0.25, 0.3) is 0 Å². The minimum atomic E-state index is 0.0847. The van der Waals surface area contributed by atoms with E-state index in [1.54, 1.807) is 12.3 Å². The summed E-state index contributed by atoms with van der Waals surface area (Å²) in [6.07, 6.45) is 1.69. The van der Waals surface area contributed by atoms with Crippen LogP contribution < -0.4 is 11.1 Å². The van der Waals surface area contributed by atoms with Gasteiger partial charge >= 0.3 is 0 Å². The first-order chi connectivity index (χ1) is 6.09. The number of nitrogens with two attached hydrogens (primary N) is 1. The van der Waals surface area contributed by atoms with Crippen molar-refractivity contribution in [3.05, 3.63) is 21.8 Å². The van der Waals surface area contributed by atoms with Gasteiger partial charge in [0.2, 0.25) is 0 Å². The van der Waals surface area contributed by atoms with E-state index in [1.807, 2.05) is 6.92 Å². The lowest BCUT2D eigenvalue weighted by Crippen LogP contribution is -2.25. The molecular weight excluding hydrogens is 253 g/mol. The van der Waals surface area contributed by atoms with E-state index in [0.29, 0.717) is 17.4 Å². The zero-order valence-electron chi connectivity index (χ0n) is 7.22. The topological polar surface area (TPSA) is 50.9 Å². The predicted molar refractivity (Wildman–Crippen MR) is 59.1 cm³/mol. The molecule has 0 aromatic carbocycles. The van der Waals surface area contributed by atoms with Gasteiger partial charge < -0.3 is 11.1 Å². The van der Waals surface area contributed by atoms with Crippen LogP contribution in [-0.2, 0) is 0 Å². The largest absolute Gasteiger partial charge is 0.367 e. The summed E-state index contributed by atoms with van der Waals surface area (Å²) in [4.78, 5) is 4.10. The number of rotatable bonds is 3. The Kier molecular flexibility index (Phi) is 3.96. The molecule has 0 aliphatic heterocycles. The Morgan fingerprint density at radius 1 is 1.77 bits per heavy atom. The third-order valence-corrected chi connectivity index (χ3v) is 2.12. The van der Waals surface area contributed by atoms with Gasteiger partial charge in [0.05, 0.1) is 5.02 Å². The van der Waals surface area contributed by atoms with Crippen LogP contribution in [0.2, 0.25) is 5.02 Å². The van der Waals surface area contributed by atoms with E-state index in [9.17, 15) is 0 Å². The monoisotopic (exact) mass is 263 g/mol. The molecule has 0 amide bonds. The quantitative estimate of drug-likeness (QED) is 0.880. The number of anilines is 1. The normalized spacial score (nSPS) is 12.6. The number of aromatic nitrogens is 1. The Labute approximate surface area is 90.8 Å². The lowest BCUT2D eigenvalue weighted by atomic mass is 10.3. The van der Waals surface area contributed by atoms with Gasteiger partial charge in [-0.15, -0.1) is 0 Å². The number of halogens is 2. The third kappa shape index (κ3) is 3.50. The van der Waals surface area contributed by atoms with E-state index in [4.69, 9.17) is 17.3 Å². The van der Waals surface area contributed by atoms with Crippen molar-refractivity contribution in [2.24, 2.45) is 5.73 Å². The summed E-state index contributed by atoms with van der Waals surface area (Å²) >= 11 is 9.19. The van der Waals surface area contributed by atoms with Crippen LogP contribution in [-0.4, -0.2) is 17.6 Å². The first kappa shape index (κ1) is 10.8. The summed E-state index contributed by atoms with van der Waals surface area (Å²) in [6, 6.07) is 1.87. The lowest BCUT2D eigenvalue weighted by molar-refractivity contribution is 0.777. The zero-order valence-corrected chi connectivity index (χ0v) is 9.56. The highest BCUT2D eigenvalue weighted by Crippen LogP contribution is 2.22. The number of hydrogen-bond donors (Lipinski definition) is 2. The molecule has 3 N–H and O–H groups in total. The molecule has 72 valence electrons. The van der Waals surface area contributed by atoms with Crippen LogP contribution >= 0.6 is 27.5 Å². The Morgan fingerprint density at radius 2 is 2.46 bits per heavy atom. The highest BCUT2D eigenvalue weighted by molar-refractivity contribution is 9.10. The molecule has 5 heteroatoms. The summed E-state index contributed by atoms with van der Waals surface area (Å²) in [6.45, 7) is 2.58. The molecule has 1 aromatic heterocycles. The fourth-order valence-corrected chi connectivity index (χ4v) is 1.50. The van der Waals surface area contributed by atoms with Crippen LogP contribution in [0, 0.1) is 0 Å². The number of hydrogen-bond acceptors (Lipinski definition) is 3. The predicted octanol–water partition coefficient (Wildman–Crippen LogP) is 2.26. The van der Waals surface area contributed by atoms with Crippen molar-refractivity contribution in [3.8, 4) is 0 Å². The van der Waals surface area contributed by atoms with Gasteiger partial charge in [0, 0.05) is 23.3 Å². The molecule has 0 aliphatic rings. The smallest absolute Gasteiger partial charge is 0.144 e. The molecule has 0 aliphatic carbocycles. The molecular formula is C8H11BrClN3. The molecule has 3 nitrogen and oxygen atoms in total. The van der Waals surface area contributed by atoms with Gasteiger partial charge in [-0.1, -0.05) is 11.6 Å². The fraction of sp³-hybridized carbons (Fsp3) is 0.375. The minimum absolute atomic E-state index is 0.0847. The molecule has 0 spiro atoms. The van der Waals surface area contributed by atoms with Crippen molar-refractivity contribution in [1.82, 2.24) is 4.98 Å². The maximum absolute atomic E-state index is 5.92. The highest BCUT2D eigenvalue weighted by atomic mass is 79.9. The Bertz CT molecular complexity index is 291. The minimum Gasteiger partial charge on any atom is -0.367 e. The van der Waals surface area contributed by atoms with Crippen molar-refractivity contribution in [1.29, 1.82) is 0 Å². The molecule has 0 bridgehead atoms. The molecule has 13 heavy (non-hydrogen) atoms. The fourth-order valence-electron chi connectivity index (χ4n) is 0.802. The van der Waals surface area contributed by atoms with Gasteiger partial charge in [0.25, 0.3) is 0 Å². The molecule has 1 heterocycles. The maximum Gasteiger partial charge on any atom is 0.144 e. The molecule has 0 saturated carbocycles. The molecule has 0 saturated heterocycles. The second-order valence-corrected chi connectivity index (χ2v) is 4.17. The Hall–Kier alpha value is -0.320. The second-order valence-electron chi connectivity index (χ2n) is 2.84. The van der Waals surface area contributed by atoms with Crippen molar-refractivity contribution < 1.29 is 0 Å². The van der Waals surface area contributed by atoms with E-state index in [0.717, 1.165) is 4.47 Å². The van der Waals surface area contributed by atoms with Crippen LogP contribution in [0.3, 0.4) is 0 Å².